The normalized spacial score (nSPS) is 11.1. The van der Waals surface area contributed by atoms with Gasteiger partial charge in [-0.3, -0.25) is 9.78 Å². The van der Waals surface area contributed by atoms with E-state index in [9.17, 15) is 9.59 Å². The summed E-state index contributed by atoms with van der Waals surface area (Å²) in [7, 11) is 0. The first-order chi connectivity index (χ1) is 10.7. The zero-order chi connectivity index (χ0) is 15.1. The summed E-state index contributed by atoms with van der Waals surface area (Å²) in [5.74, 6) is -0.814. The number of rotatable bonds is 2. The van der Waals surface area contributed by atoms with Crippen molar-refractivity contribution >= 4 is 33.6 Å². The number of benzene rings is 2. The van der Waals surface area contributed by atoms with Crippen LogP contribution in [0.25, 0.3) is 22.0 Å². The van der Waals surface area contributed by atoms with E-state index in [1.807, 2.05) is 18.2 Å². The minimum absolute atomic E-state index is 0.262. The van der Waals surface area contributed by atoms with E-state index < -0.39 is 5.76 Å². The Balaban J connectivity index is 1.77. The second-order valence-electron chi connectivity index (χ2n) is 4.90. The van der Waals surface area contributed by atoms with Gasteiger partial charge in [0.2, 0.25) is 0 Å². The molecule has 0 fully saturated rings. The summed E-state index contributed by atoms with van der Waals surface area (Å²) in [5.41, 5.74) is 2.77. The Morgan fingerprint density at radius 3 is 2.77 bits per heavy atom. The molecule has 108 valence electrons. The number of carbonyl (C=O) groups excluding carboxylic acids is 1. The molecule has 0 aliphatic carbocycles. The van der Waals surface area contributed by atoms with E-state index in [0.717, 1.165) is 10.9 Å². The van der Waals surface area contributed by atoms with Gasteiger partial charge in [-0.25, -0.2) is 4.79 Å². The molecule has 0 unspecified atom stereocenters. The van der Waals surface area contributed by atoms with Gasteiger partial charge in [0.05, 0.1) is 11.2 Å². The number of aromatic nitrogens is 2. The van der Waals surface area contributed by atoms with Gasteiger partial charge < -0.3 is 14.7 Å². The van der Waals surface area contributed by atoms with Crippen LogP contribution in [0.15, 0.2) is 57.9 Å². The first kappa shape index (κ1) is 12.5. The second-order valence-corrected chi connectivity index (χ2v) is 4.90. The second kappa shape index (κ2) is 4.63. The number of nitrogens with one attached hydrogen (secondary N) is 3. The zero-order valence-electron chi connectivity index (χ0n) is 11.3. The Hall–Kier alpha value is -3.28. The molecular formula is C16H11N3O3. The predicted molar refractivity (Wildman–Crippen MR) is 83.1 cm³/mol. The number of aromatic amines is 2. The van der Waals surface area contributed by atoms with E-state index in [1.165, 1.54) is 0 Å². The van der Waals surface area contributed by atoms with E-state index in [0.29, 0.717) is 22.4 Å². The maximum absolute atomic E-state index is 12.5. The zero-order valence-corrected chi connectivity index (χ0v) is 11.3. The predicted octanol–water partition coefficient (Wildman–Crippen LogP) is 2.85. The Morgan fingerprint density at radius 2 is 1.86 bits per heavy atom. The Bertz CT molecular complexity index is 1060. The van der Waals surface area contributed by atoms with Crippen LogP contribution in [0.2, 0.25) is 0 Å². The summed E-state index contributed by atoms with van der Waals surface area (Å²) >= 11 is 0. The number of para-hydroxylation sites is 1. The summed E-state index contributed by atoms with van der Waals surface area (Å²) < 4.78 is 5.08. The molecule has 0 saturated carbocycles. The maximum Gasteiger partial charge on any atom is 0.417 e. The number of amides is 1. The molecule has 6 heteroatoms. The minimum Gasteiger partial charge on any atom is -0.406 e. The van der Waals surface area contributed by atoms with Gasteiger partial charge in [-0.2, -0.15) is 0 Å². The van der Waals surface area contributed by atoms with Gasteiger partial charge in [0, 0.05) is 22.7 Å². The number of hydrogen-bond acceptors (Lipinski definition) is 3. The summed E-state index contributed by atoms with van der Waals surface area (Å²) in [6.07, 6.45) is 1.79. The van der Waals surface area contributed by atoms with Gasteiger partial charge >= 0.3 is 5.76 Å². The van der Waals surface area contributed by atoms with Gasteiger partial charge in [-0.1, -0.05) is 12.1 Å². The summed E-state index contributed by atoms with van der Waals surface area (Å²) in [5, 5.41) is 3.63. The van der Waals surface area contributed by atoms with Gasteiger partial charge in [0.25, 0.3) is 5.91 Å². The molecule has 0 bridgehead atoms. The van der Waals surface area contributed by atoms with Crippen molar-refractivity contribution in [2.75, 3.05) is 5.32 Å². The molecule has 3 N–H and O–H groups in total. The summed E-state index contributed by atoms with van der Waals surface area (Å²) in [4.78, 5) is 29.4. The van der Waals surface area contributed by atoms with E-state index >= 15 is 0 Å². The summed E-state index contributed by atoms with van der Waals surface area (Å²) in [6, 6.07) is 12.4. The number of fused-ring (bicyclic) bond motifs is 2. The molecule has 6 nitrogen and oxygen atoms in total. The number of hydrogen-bond donors (Lipinski definition) is 3. The average molecular weight is 293 g/mol. The molecule has 4 aromatic rings. The molecule has 2 heterocycles. The van der Waals surface area contributed by atoms with E-state index in [1.54, 1.807) is 30.5 Å². The number of H-pyrrole nitrogens is 2. The van der Waals surface area contributed by atoms with Gasteiger partial charge in [0.15, 0.2) is 5.58 Å². The Labute approximate surface area is 123 Å². The first-order valence-electron chi connectivity index (χ1n) is 6.72. The van der Waals surface area contributed by atoms with Crippen molar-refractivity contribution in [2.45, 2.75) is 0 Å². The number of oxazole rings is 1. The highest BCUT2D eigenvalue weighted by Crippen LogP contribution is 2.23. The lowest BCUT2D eigenvalue weighted by molar-refractivity contribution is 0.102. The highest BCUT2D eigenvalue weighted by molar-refractivity contribution is 6.14. The van der Waals surface area contributed by atoms with Crippen molar-refractivity contribution in [2.24, 2.45) is 0 Å². The minimum atomic E-state index is -0.551. The Morgan fingerprint density at radius 1 is 1.05 bits per heavy atom. The molecule has 0 aliphatic heterocycles. The van der Waals surface area contributed by atoms with Crippen molar-refractivity contribution in [1.82, 2.24) is 9.97 Å². The van der Waals surface area contributed by atoms with Crippen LogP contribution in [0, 0.1) is 0 Å². The van der Waals surface area contributed by atoms with Crippen molar-refractivity contribution in [1.29, 1.82) is 0 Å². The molecule has 0 spiro atoms. The van der Waals surface area contributed by atoms with Crippen LogP contribution in [-0.4, -0.2) is 15.9 Å². The van der Waals surface area contributed by atoms with E-state index in [-0.39, 0.29) is 5.91 Å². The molecular weight excluding hydrogens is 282 g/mol. The molecule has 0 atom stereocenters. The SMILES string of the molecule is O=C(Nc1cccc2[nH]c(=O)oc12)c1cccc2[nH]ccc12. The lowest BCUT2D eigenvalue weighted by Crippen LogP contribution is -2.12. The molecule has 0 aliphatic rings. The highest BCUT2D eigenvalue weighted by Gasteiger charge is 2.14. The van der Waals surface area contributed by atoms with Crippen molar-refractivity contribution in [3.05, 3.63) is 64.8 Å². The van der Waals surface area contributed by atoms with E-state index in [2.05, 4.69) is 15.3 Å². The maximum atomic E-state index is 12.5. The highest BCUT2D eigenvalue weighted by atomic mass is 16.4. The van der Waals surface area contributed by atoms with Gasteiger partial charge in [-0.15, -0.1) is 0 Å². The smallest absolute Gasteiger partial charge is 0.406 e. The lowest BCUT2D eigenvalue weighted by Gasteiger charge is -2.06. The fourth-order valence-corrected chi connectivity index (χ4v) is 2.55. The molecule has 0 radical (unpaired) electrons. The lowest BCUT2D eigenvalue weighted by atomic mass is 10.1. The molecule has 1 amide bonds. The first-order valence-corrected chi connectivity index (χ1v) is 6.72. The summed E-state index contributed by atoms with van der Waals surface area (Å²) in [6.45, 7) is 0. The van der Waals surface area contributed by atoms with Crippen molar-refractivity contribution < 1.29 is 9.21 Å². The van der Waals surface area contributed by atoms with Crippen molar-refractivity contribution in [3.8, 4) is 0 Å². The molecule has 4 rings (SSSR count). The third-order valence-corrected chi connectivity index (χ3v) is 3.53. The van der Waals surface area contributed by atoms with Gasteiger partial charge in [-0.05, 0) is 30.3 Å². The Kier molecular flexibility index (Phi) is 2.62. The van der Waals surface area contributed by atoms with Crippen LogP contribution in [-0.2, 0) is 0 Å². The molecule has 2 aromatic carbocycles. The topological polar surface area (TPSA) is 90.9 Å². The average Bonchev–Trinajstić information content (AvgIpc) is 3.12. The monoisotopic (exact) mass is 293 g/mol. The van der Waals surface area contributed by atoms with Crippen LogP contribution in [0.1, 0.15) is 10.4 Å². The fourth-order valence-electron chi connectivity index (χ4n) is 2.55. The quantitative estimate of drug-likeness (QED) is 0.530. The molecule has 22 heavy (non-hydrogen) atoms. The van der Waals surface area contributed by atoms with Crippen LogP contribution in [0.5, 0.6) is 0 Å². The number of anilines is 1. The third kappa shape index (κ3) is 1.89. The standard InChI is InChI=1S/C16H11N3O3/c20-15(10-3-1-4-11-9(10)7-8-17-11)18-12-5-2-6-13-14(12)22-16(21)19-13/h1-8,17H,(H,18,20)(H,19,21). The van der Waals surface area contributed by atoms with Gasteiger partial charge in [0.1, 0.15) is 0 Å². The van der Waals surface area contributed by atoms with Crippen LogP contribution < -0.4 is 11.1 Å². The fraction of sp³-hybridized carbons (Fsp3) is 0. The van der Waals surface area contributed by atoms with E-state index in [4.69, 9.17) is 4.42 Å². The number of carbonyl (C=O) groups is 1. The van der Waals surface area contributed by atoms with Crippen LogP contribution in [0.3, 0.4) is 0 Å². The molecule has 2 aromatic heterocycles. The largest absolute Gasteiger partial charge is 0.417 e. The van der Waals surface area contributed by atoms with Crippen LogP contribution in [0.4, 0.5) is 5.69 Å². The van der Waals surface area contributed by atoms with Crippen molar-refractivity contribution in [3.63, 3.8) is 0 Å². The van der Waals surface area contributed by atoms with Crippen LogP contribution >= 0.6 is 0 Å². The third-order valence-electron chi connectivity index (χ3n) is 3.53. The molecule has 0 saturated heterocycles.